The van der Waals surface area contributed by atoms with Gasteiger partial charge >= 0.3 is 0 Å². The second-order valence-corrected chi connectivity index (χ2v) is 9.45. The van der Waals surface area contributed by atoms with Crippen molar-refractivity contribution < 1.29 is 15.3 Å². The Morgan fingerprint density at radius 3 is 2.45 bits per heavy atom. The molecule has 4 aliphatic carbocycles. The minimum atomic E-state index is -1.09. The summed E-state index contributed by atoms with van der Waals surface area (Å²) in [5.74, 6) is 1.82. The van der Waals surface area contributed by atoms with Crippen LogP contribution >= 0.6 is 0 Å². The number of fused-ring (bicyclic) bond motifs is 5. The number of rotatable bonds is 0. The van der Waals surface area contributed by atoms with Crippen molar-refractivity contribution in [2.75, 3.05) is 0 Å². The first-order chi connectivity index (χ1) is 10.3. The van der Waals surface area contributed by atoms with Crippen molar-refractivity contribution >= 4 is 0 Å². The fraction of sp³-hybridized carbons (Fsp3) is 1.00. The molecule has 4 rings (SSSR count). The zero-order chi connectivity index (χ0) is 15.8. The van der Waals surface area contributed by atoms with E-state index in [0.29, 0.717) is 23.7 Å². The van der Waals surface area contributed by atoms with Gasteiger partial charge in [0.25, 0.3) is 0 Å². The lowest BCUT2D eigenvalue weighted by molar-refractivity contribution is -0.263. The van der Waals surface area contributed by atoms with Gasteiger partial charge in [-0.05, 0) is 68.1 Å². The summed E-state index contributed by atoms with van der Waals surface area (Å²) in [5, 5.41) is 32.2. The van der Waals surface area contributed by atoms with Gasteiger partial charge in [0.2, 0.25) is 0 Å². The highest BCUT2D eigenvalue weighted by molar-refractivity contribution is 5.16. The Balaban J connectivity index is 1.71. The minimum Gasteiger partial charge on any atom is -0.393 e. The maximum absolute atomic E-state index is 11.3. The molecular weight excluding hydrogens is 276 g/mol. The first kappa shape index (κ1) is 15.4. The van der Waals surface area contributed by atoms with Gasteiger partial charge in [0.1, 0.15) is 0 Å². The monoisotopic (exact) mass is 308 g/mol. The van der Waals surface area contributed by atoms with E-state index in [9.17, 15) is 15.3 Å². The third-order valence-corrected chi connectivity index (χ3v) is 8.62. The van der Waals surface area contributed by atoms with Crippen LogP contribution in [0, 0.1) is 28.6 Å². The quantitative estimate of drug-likeness (QED) is 0.645. The van der Waals surface area contributed by atoms with Crippen molar-refractivity contribution in [3.05, 3.63) is 0 Å². The summed E-state index contributed by atoms with van der Waals surface area (Å²) in [7, 11) is 0. The predicted molar refractivity (Wildman–Crippen MR) is 85.2 cm³/mol. The first-order valence-corrected chi connectivity index (χ1v) is 9.39. The van der Waals surface area contributed by atoms with Gasteiger partial charge in [0.15, 0.2) is 0 Å². The van der Waals surface area contributed by atoms with Gasteiger partial charge in [-0.25, -0.2) is 0 Å². The van der Waals surface area contributed by atoms with Crippen molar-refractivity contribution in [3.8, 4) is 0 Å². The minimum absolute atomic E-state index is 0.224. The standard InChI is InChI=1S/C19H32O3/c1-17-7-3-4-14(17)13-10-16(21)19(22)11-12(20)5-9-18(19,2)15(13)6-8-17/h12-16,20-22H,3-11H2,1-2H3/t12?,13-,14-,15-,16?,17?,18?,19?/m0/s1. The molecule has 0 aromatic rings. The average Bonchev–Trinajstić information content (AvgIpc) is 2.84. The summed E-state index contributed by atoms with van der Waals surface area (Å²) in [5.41, 5.74) is -0.836. The van der Waals surface area contributed by atoms with Crippen LogP contribution in [0.3, 0.4) is 0 Å². The molecule has 0 radical (unpaired) electrons. The molecule has 5 unspecified atom stereocenters. The third-order valence-electron chi connectivity index (χ3n) is 8.62. The van der Waals surface area contributed by atoms with E-state index in [2.05, 4.69) is 13.8 Å². The molecule has 4 aliphatic rings. The molecule has 3 nitrogen and oxygen atoms in total. The molecular formula is C19H32O3. The van der Waals surface area contributed by atoms with Crippen LogP contribution in [0.15, 0.2) is 0 Å². The molecule has 0 heterocycles. The molecule has 0 aliphatic heterocycles. The van der Waals surface area contributed by atoms with Crippen molar-refractivity contribution in [1.29, 1.82) is 0 Å². The normalized spacial score (nSPS) is 61.2. The van der Waals surface area contributed by atoms with Crippen LogP contribution in [0.1, 0.15) is 71.6 Å². The second-order valence-electron chi connectivity index (χ2n) is 9.45. The maximum Gasteiger partial charge on any atom is 0.0985 e. The Kier molecular flexibility index (Phi) is 3.30. The van der Waals surface area contributed by atoms with Crippen molar-refractivity contribution in [2.45, 2.75) is 89.4 Å². The Hall–Kier alpha value is -0.120. The Morgan fingerprint density at radius 2 is 1.68 bits per heavy atom. The topological polar surface area (TPSA) is 60.7 Å². The van der Waals surface area contributed by atoms with Crippen LogP contribution in [-0.2, 0) is 0 Å². The van der Waals surface area contributed by atoms with E-state index >= 15 is 0 Å². The fourth-order valence-corrected chi connectivity index (χ4v) is 7.25. The smallest absolute Gasteiger partial charge is 0.0985 e. The van der Waals surface area contributed by atoms with Crippen LogP contribution in [0.2, 0.25) is 0 Å². The van der Waals surface area contributed by atoms with Gasteiger partial charge in [-0.1, -0.05) is 20.3 Å². The van der Waals surface area contributed by atoms with Gasteiger partial charge in [-0.2, -0.15) is 0 Å². The summed E-state index contributed by atoms with van der Waals surface area (Å²) < 4.78 is 0. The Morgan fingerprint density at radius 1 is 0.909 bits per heavy atom. The van der Waals surface area contributed by atoms with Gasteiger partial charge in [0, 0.05) is 11.8 Å². The molecule has 3 N–H and O–H groups in total. The van der Waals surface area contributed by atoms with Crippen molar-refractivity contribution in [1.82, 2.24) is 0 Å². The number of aliphatic hydroxyl groups excluding tert-OH is 2. The maximum atomic E-state index is 11.3. The largest absolute Gasteiger partial charge is 0.393 e. The number of hydrogen-bond donors (Lipinski definition) is 3. The molecule has 8 atom stereocenters. The molecule has 0 amide bonds. The van der Waals surface area contributed by atoms with Gasteiger partial charge in [0.05, 0.1) is 17.8 Å². The van der Waals surface area contributed by atoms with E-state index in [1.165, 1.54) is 32.1 Å². The first-order valence-electron chi connectivity index (χ1n) is 9.39. The second kappa shape index (κ2) is 4.70. The fourth-order valence-electron chi connectivity index (χ4n) is 7.25. The number of aliphatic hydroxyl groups is 3. The lowest BCUT2D eigenvalue weighted by Crippen LogP contribution is -2.68. The summed E-state index contributed by atoms with van der Waals surface area (Å²) in [6, 6.07) is 0. The molecule has 4 fully saturated rings. The van der Waals surface area contributed by atoms with E-state index in [0.717, 1.165) is 25.2 Å². The highest BCUT2D eigenvalue weighted by Crippen LogP contribution is 2.67. The molecule has 0 spiro atoms. The molecule has 0 aromatic carbocycles. The average molecular weight is 308 g/mol. The highest BCUT2D eigenvalue weighted by Gasteiger charge is 2.66. The van der Waals surface area contributed by atoms with Gasteiger partial charge in [-0.3, -0.25) is 0 Å². The van der Waals surface area contributed by atoms with Crippen LogP contribution in [0.25, 0.3) is 0 Å². The summed E-state index contributed by atoms with van der Waals surface area (Å²) in [6.07, 6.45) is 8.06. The van der Waals surface area contributed by atoms with Gasteiger partial charge in [-0.15, -0.1) is 0 Å². The van der Waals surface area contributed by atoms with Crippen LogP contribution in [0.4, 0.5) is 0 Å². The predicted octanol–water partition coefficient (Wildman–Crippen LogP) is 2.87. The van der Waals surface area contributed by atoms with Crippen LogP contribution < -0.4 is 0 Å². The van der Waals surface area contributed by atoms with Crippen LogP contribution in [-0.4, -0.2) is 33.1 Å². The SMILES string of the molecule is CC12CCC[C@H]1[C@@H]1CC(O)C3(O)CC(O)CCC3(C)[C@H]1CC2. The molecule has 0 bridgehead atoms. The van der Waals surface area contributed by atoms with Crippen LogP contribution in [0.5, 0.6) is 0 Å². The van der Waals surface area contributed by atoms with E-state index < -0.39 is 17.8 Å². The molecule has 0 saturated heterocycles. The summed E-state index contributed by atoms with van der Waals surface area (Å²) in [4.78, 5) is 0. The molecule has 4 saturated carbocycles. The number of hydrogen-bond acceptors (Lipinski definition) is 3. The Labute approximate surface area is 134 Å². The van der Waals surface area contributed by atoms with Crippen molar-refractivity contribution in [3.63, 3.8) is 0 Å². The van der Waals surface area contributed by atoms with E-state index in [1.807, 2.05) is 0 Å². The highest BCUT2D eigenvalue weighted by atomic mass is 16.3. The lowest BCUT2D eigenvalue weighted by atomic mass is 9.43. The van der Waals surface area contributed by atoms with E-state index in [1.54, 1.807) is 0 Å². The van der Waals surface area contributed by atoms with Crippen molar-refractivity contribution in [2.24, 2.45) is 28.6 Å². The van der Waals surface area contributed by atoms with Gasteiger partial charge < -0.3 is 15.3 Å². The molecule has 0 aromatic heterocycles. The molecule has 3 heteroatoms. The third kappa shape index (κ3) is 1.79. The summed E-state index contributed by atoms with van der Waals surface area (Å²) >= 11 is 0. The van der Waals surface area contributed by atoms with E-state index in [4.69, 9.17) is 0 Å². The molecule has 126 valence electrons. The summed E-state index contributed by atoms with van der Waals surface area (Å²) in [6.45, 7) is 4.66. The Bertz CT molecular complexity index is 466. The molecule has 22 heavy (non-hydrogen) atoms. The van der Waals surface area contributed by atoms with E-state index in [-0.39, 0.29) is 5.41 Å². The zero-order valence-electron chi connectivity index (χ0n) is 14.1. The zero-order valence-corrected chi connectivity index (χ0v) is 14.1. The lowest BCUT2D eigenvalue weighted by Gasteiger charge is -2.65.